The first-order valence-electron chi connectivity index (χ1n) is 3.52. The molecule has 0 aliphatic rings. The summed E-state index contributed by atoms with van der Waals surface area (Å²) in [7, 11) is -5.98. The third-order valence-corrected chi connectivity index (χ3v) is 2.87. The van der Waals surface area contributed by atoms with E-state index in [0.29, 0.717) is 0 Å². The molecule has 0 spiro atoms. The van der Waals surface area contributed by atoms with Crippen LogP contribution in [0.15, 0.2) is 0 Å². The fourth-order valence-electron chi connectivity index (χ4n) is 0.167. The van der Waals surface area contributed by atoms with Gasteiger partial charge in [0.15, 0.2) is 0 Å². The Kier molecular flexibility index (Phi) is 35.0. The largest absolute Gasteiger partial charge is 1.00 e. The van der Waals surface area contributed by atoms with Crippen molar-refractivity contribution in [3.63, 3.8) is 0 Å². The van der Waals surface area contributed by atoms with Crippen LogP contribution in [-0.4, -0.2) is 46.6 Å². The zero-order valence-electron chi connectivity index (χ0n) is 10.4. The topological polar surface area (TPSA) is 155 Å². The Hall–Kier alpha value is 2.44. The van der Waals surface area contributed by atoms with Crippen molar-refractivity contribution in [2.45, 2.75) is 13.8 Å². The SMILES string of the molecule is CCSSCC.O=S(=O)(O)O.O=S(=O)([O-])[O-].[Na+].[Na+]. The van der Waals surface area contributed by atoms with Gasteiger partial charge in [0.2, 0.25) is 0 Å². The van der Waals surface area contributed by atoms with Gasteiger partial charge in [0.25, 0.3) is 0 Å². The van der Waals surface area contributed by atoms with Crippen LogP contribution < -0.4 is 59.1 Å². The van der Waals surface area contributed by atoms with E-state index < -0.39 is 20.8 Å². The van der Waals surface area contributed by atoms with Crippen LogP contribution in [0.5, 0.6) is 0 Å². The van der Waals surface area contributed by atoms with Crippen LogP contribution in [-0.2, 0) is 20.8 Å². The molecule has 0 aliphatic carbocycles. The van der Waals surface area contributed by atoms with E-state index in [9.17, 15) is 0 Å². The van der Waals surface area contributed by atoms with Gasteiger partial charge in [-0.2, -0.15) is 8.42 Å². The predicted octanol–water partition coefficient (Wildman–Crippen LogP) is -5.58. The Morgan fingerprint density at radius 1 is 0.889 bits per heavy atom. The van der Waals surface area contributed by atoms with Gasteiger partial charge in [0, 0.05) is 21.9 Å². The number of hydrogen-bond acceptors (Lipinski definition) is 8. The molecular weight excluding hydrogens is 350 g/mol. The van der Waals surface area contributed by atoms with E-state index in [4.69, 9.17) is 35.0 Å². The zero-order valence-corrected chi connectivity index (χ0v) is 17.7. The zero-order chi connectivity index (χ0) is 13.8. The summed E-state index contributed by atoms with van der Waals surface area (Å²) in [6.07, 6.45) is 0. The average Bonchev–Trinajstić information content (AvgIpc) is 1.94. The smallest absolute Gasteiger partial charge is 0.759 e. The van der Waals surface area contributed by atoms with E-state index in [1.807, 2.05) is 21.6 Å². The summed E-state index contributed by atoms with van der Waals surface area (Å²) in [5, 5.41) is 0. The fourth-order valence-corrected chi connectivity index (χ4v) is 1.50. The summed E-state index contributed by atoms with van der Waals surface area (Å²) in [5.74, 6) is 2.47. The minimum absolute atomic E-state index is 0. The van der Waals surface area contributed by atoms with Crippen molar-refractivity contribution in [2.75, 3.05) is 11.5 Å². The minimum atomic E-state index is -5.17. The molecule has 14 heteroatoms. The van der Waals surface area contributed by atoms with E-state index in [-0.39, 0.29) is 59.1 Å². The van der Waals surface area contributed by atoms with E-state index in [1.54, 1.807) is 0 Å². The van der Waals surface area contributed by atoms with Gasteiger partial charge >= 0.3 is 69.5 Å². The maximum Gasteiger partial charge on any atom is 1.00 e. The predicted molar refractivity (Wildman–Crippen MR) is 60.9 cm³/mol. The van der Waals surface area contributed by atoms with Crippen molar-refractivity contribution in [1.82, 2.24) is 0 Å². The van der Waals surface area contributed by atoms with Crippen LogP contribution in [0, 0.1) is 0 Å². The van der Waals surface area contributed by atoms with Crippen molar-refractivity contribution in [1.29, 1.82) is 0 Å². The molecule has 0 fully saturated rings. The molecule has 0 aromatic carbocycles. The molecule has 0 rings (SSSR count). The summed E-state index contributed by atoms with van der Waals surface area (Å²) < 4.78 is 65.7. The number of rotatable bonds is 3. The van der Waals surface area contributed by atoms with E-state index in [2.05, 4.69) is 13.8 Å². The van der Waals surface area contributed by atoms with Gasteiger partial charge in [-0.3, -0.25) is 17.5 Å². The molecule has 0 saturated carbocycles. The molecule has 102 valence electrons. The molecule has 0 aliphatic heterocycles. The Morgan fingerprint density at radius 3 is 1.06 bits per heavy atom. The molecular formula is C4H12Na2O8S4. The second-order valence-electron chi connectivity index (χ2n) is 1.67. The van der Waals surface area contributed by atoms with Crippen molar-refractivity contribution < 1.29 is 94.2 Å². The maximum absolute atomic E-state index is 8.74. The van der Waals surface area contributed by atoms with Crippen molar-refractivity contribution in [2.24, 2.45) is 0 Å². The van der Waals surface area contributed by atoms with Gasteiger partial charge in [0.1, 0.15) is 0 Å². The van der Waals surface area contributed by atoms with Crippen LogP contribution in [0.1, 0.15) is 13.8 Å². The monoisotopic (exact) mass is 362 g/mol. The summed E-state index contributed by atoms with van der Waals surface area (Å²) in [6, 6.07) is 0. The second kappa shape index (κ2) is 19.4. The first-order valence-corrected chi connectivity index (χ1v) is 8.74. The van der Waals surface area contributed by atoms with E-state index in [0.717, 1.165) is 0 Å². The average molecular weight is 362 g/mol. The Labute approximate surface area is 160 Å². The van der Waals surface area contributed by atoms with Gasteiger partial charge in [-0.25, -0.2) is 0 Å². The molecule has 0 unspecified atom stereocenters. The third-order valence-electron chi connectivity index (χ3n) is 0.319. The summed E-state index contributed by atoms with van der Waals surface area (Å²) in [5.41, 5.74) is 0. The molecule has 0 saturated heterocycles. The first kappa shape index (κ1) is 32.4. The standard InChI is InChI=1S/C4H10S2.2Na.2H2O4S/c1-3-5-6-4-2;;;2*1-5(2,3)4/h3-4H2,1-2H3;;;2*(H2,1,2,3,4)/q;2*+1;;/p-2. The molecule has 0 aromatic rings. The van der Waals surface area contributed by atoms with Crippen LogP contribution in [0.2, 0.25) is 0 Å². The van der Waals surface area contributed by atoms with Gasteiger partial charge in [-0.05, 0) is 0 Å². The molecule has 2 N–H and O–H groups in total. The van der Waals surface area contributed by atoms with Crippen molar-refractivity contribution in [3.05, 3.63) is 0 Å². The van der Waals surface area contributed by atoms with Crippen LogP contribution >= 0.6 is 21.6 Å². The Morgan fingerprint density at radius 2 is 1.00 bits per heavy atom. The molecule has 0 aromatic heterocycles. The molecule has 8 nitrogen and oxygen atoms in total. The maximum atomic E-state index is 8.74. The molecule has 0 heterocycles. The van der Waals surface area contributed by atoms with Crippen molar-refractivity contribution in [3.8, 4) is 0 Å². The van der Waals surface area contributed by atoms with E-state index in [1.165, 1.54) is 11.5 Å². The first-order chi connectivity index (χ1) is 6.91. The van der Waals surface area contributed by atoms with Gasteiger partial charge < -0.3 is 9.11 Å². The number of hydrogen-bond donors (Lipinski definition) is 2. The quantitative estimate of drug-likeness (QED) is 0.163. The second-order valence-corrected chi connectivity index (χ2v) is 6.42. The van der Waals surface area contributed by atoms with Crippen LogP contribution in [0.4, 0.5) is 0 Å². The molecule has 18 heavy (non-hydrogen) atoms. The van der Waals surface area contributed by atoms with Crippen LogP contribution in [0.25, 0.3) is 0 Å². The van der Waals surface area contributed by atoms with Crippen molar-refractivity contribution >= 4 is 42.4 Å². The van der Waals surface area contributed by atoms with Gasteiger partial charge in [-0.1, -0.05) is 35.4 Å². The molecule has 0 bridgehead atoms. The van der Waals surface area contributed by atoms with Crippen LogP contribution in [0.3, 0.4) is 0 Å². The fraction of sp³-hybridized carbons (Fsp3) is 1.00. The summed E-state index contributed by atoms with van der Waals surface area (Å²) >= 11 is 0. The normalized spacial score (nSPS) is 9.44. The summed E-state index contributed by atoms with van der Waals surface area (Å²) in [4.78, 5) is 0. The Bertz CT molecular complexity index is 277. The Balaban J connectivity index is -0.0000000447. The van der Waals surface area contributed by atoms with Gasteiger partial charge in [0.05, 0.1) is 0 Å². The van der Waals surface area contributed by atoms with E-state index >= 15 is 0 Å². The third kappa shape index (κ3) is 190. The minimum Gasteiger partial charge on any atom is -0.759 e. The molecule has 0 radical (unpaired) electrons. The summed E-state index contributed by atoms with van der Waals surface area (Å²) in [6.45, 7) is 4.35. The van der Waals surface area contributed by atoms with Gasteiger partial charge in [-0.15, -0.1) is 0 Å². The molecule has 0 atom stereocenters. The molecule has 0 amide bonds.